The lowest BCUT2D eigenvalue weighted by Gasteiger charge is -2.28. The first kappa shape index (κ1) is 15.9. The Balaban J connectivity index is 4.51. The molecule has 0 radical (unpaired) electrons. The van der Waals surface area contributed by atoms with Crippen molar-refractivity contribution in [3.05, 3.63) is 0 Å². The van der Waals surface area contributed by atoms with Crippen LogP contribution >= 0.6 is 0 Å². The third-order valence-corrected chi connectivity index (χ3v) is 3.26. The molecule has 0 aliphatic carbocycles. The Morgan fingerprint density at radius 2 is 1.82 bits per heavy atom. The van der Waals surface area contributed by atoms with E-state index in [0.29, 0.717) is 12.5 Å². The molecule has 0 saturated heterocycles. The number of carbonyl (C=O) groups excluding carboxylic acids is 2. The van der Waals surface area contributed by atoms with Gasteiger partial charge in [0.25, 0.3) is 0 Å². The van der Waals surface area contributed by atoms with Crippen LogP contribution in [0.15, 0.2) is 0 Å². The van der Waals surface area contributed by atoms with Crippen molar-refractivity contribution in [3.8, 4) is 0 Å². The predicted octanol–water partition coefficient (Wildman–Crippen LogP) is 2.13. The first-order valence-electron chi connectivity index (χ1n) is 6.35. The normalized spacial score (nSPS) is 15.8. The van der Waals surface area contributed by atoms with Gasteiger partial charge in [-0.05, 0) is 18.8 Å². The van der Waals surface area contributed by atoms with Crippen LogP contribution in [0, 0.1) is 11.8 Å². The Hall–Kier alpha value is -1.06. The fraction of sp³-hybridized carbons (Fsp3) is 0.846. The summed E-state index contributed by atoms with van der Waals surface area (Å²) in [6, 6.07) is -0.138. The predicted molar refractivity (Wildman–Crippen MR) is 67.5 cm³/mol. The van der Waals surface area contributed by atoms with Crippen molar-refractivity contribution in [3.63, 3.8) is 0 Å². The number of carbonyl (C=O) groups is 2. The largest absolute Gasteiger partial charge is 0.466 e. The van der Waals surface area contributed by atoms with Gasteiger partial charge >= 0.3 is 5.97 Å². The van der Waals surface area contributed by atoms with Gasteiger partial charge in [0.15, 0.2) is 0 Å². The van der Waals surface area contributed by atoms with E-state index in [4.69, 9.17) is 4.74 Å². The van der Waals surface area contributed by atoms with Gasteiger partial charge in [-0.15, -0.1) is 0 Å². The summed E-state index contributed by atoms with van der Waals surface area (Å²) in [6.07, 6.45) is 1.28. The van der Waals surface area contributed by atoms with E-state index < -0.39 is 0 Å². The Morgan fingerprint density at radius 3 is 2.24 bits per heavy atom. The molecule has 0 heterocycles. The van der Waals surface area contributed by atoms with Crippen molar-refractivity contribution in [2.24, 2.45) is 11.8 Å². The molecule has 3 atom stereocenters. The van der Waals surface area contributed by atoms with Gasteiger partial charge in [0.1, 0.15) is 0 Å². The van der Waals surface area contributed by atoms with Crippen LogP contribution in [0.1, 0.15) is 47.5 Å². The summed E-state index contributed by atoms with van der Waals surface area (Å²) in [5.41, 5.74) is 0. The van der Waals surface area contributed by atoms with Crippen LogP contribution in [-0.2, 0) is 14.3 Å². The Morgan fingerprint density at radius 1 is 1.24 bits per heavy atom. The molecule has 4 nitrogen and oxygen atoms in total. The van der Waals surface area contributed by atoms with Gasteiger partial charge in [0.2, 0.25) is 5.91 Å². The van der Waals surface area contributed by atoms with E-state index in [1.807, 2.05) is 0 Å². The summed E-state index contributed by atoms with van der Waals surface area (Å²) in [4.78, 5) is 22.6. The number of hydrogen-bond acceptors (Lipinski definition) is 3. The van der Waals surface area contributed by atoms with E-state index in [9.17, 15) is 9.59 Å². The molecular formula is C13H25NO3. The van der Waals surface area contributed by atoms with Gasteiger partial charge in [0.05, 0.1) is 13.0 Å². The SMILES string of the molecule is CCOC(=O)CC(NC(C)=O)C(C)C(C)CC. The van der Waals surface area contributed by atoms with Gasteiger partial charge in [-0.2, -0.15) is 0 Å². The molecule has 0 aliphatic rings. The minimum absolute atomic E-state index is 0.102. The maximum atomic E-state index is 11.5. The van der Waals surface area contributed by atoms with Crippen LogP contribution in [-0.4, -0.2) is 24.5 Å². The molecule has 1 amide bonds. The quantitative estimate of drug-likeness (QED) is 0.697. The minimum Gasteiger partial charge on any atom is -0.466 e. The van der Waals surface area contributed by atoms with Gasteiger partial charge in [-0.3, -0.25) is 9.59 Å². The van der Waals surface area contributed by atoms with Crippen LogP contribution in [0.4, 0.5) is 0 Å². The highest BCUT2D eigenvalue weighted by molar-refractivity contribution is 5.75. The van der Waals surface area contributed by atoms with E-state index in [0.717, 1.165) is 6.42 Å². The zero-order chi connectivity index (χ0) is 13.4. The first-order chi connectivity index (χ1) is 7.92. The summed E-state index contributed by atoms with van der Waals surface area (Å²) in [7, 11) is 0. The molecule has 3 unspecified atom stereocenters. The van der Waals surface area contributed by atoms with Crippen LogP contribution in [0.25, 0.3) is 0 Å². The lowest BCUT2D eigenvalue weighted by Crippen LogP contribution is -2.42. The molecular weight excluding hydrogens is 218 g/mol. The molecule has 17 heavy (non-hydrogen) atoms. The highest BCUT2D eigenvalue weighted by Gasteiger charge is 2.25. The van der Waals surface area contributed by atoms with E-state index in [1.54, 1.807) is 6.92 Å². The fourth-order valence-electron chi connectivity index (χ4n) is 1.80. The van der Waals surface area contributed by atoms with E-state index >= 15 is 0 Å². The van der Waals surface area contributed by atoms with Crippen LogP contribution in [0.2, 0.25) is 0 Å². The standard InChI is InChI=1S/C13H25NO3/c1-6-9(3)10(4)12(14-11(5)15)8-13(16)17-7-2/h9-10,12H,6-8H2,1-5H3,(H,14,15). The molecule has 100 valence electrons. The average Bonchev–Trinajstić information content (AvgIpc) is 2.25. The van der Waals surface area contributed by atoms with E-state index in [1.165, 1.54) is 6.92 Å². The second-order valence-corrected chi connectivity index (χ2v) is 4.56. The van der Waals surface area contributed by atoms with Gasteiger partial charge in [-0.1, -0.05) is 27.2 Å². The van der Waals surface area contributed by atoms with Crippen molar-refractivity contribution in [2.75, 3.05) is 6.61 Å². The van der Waals surface area contributed by atoms with Crippen LogP contribution in [0.3, 0.4) is 0 Å². The number of rotatable bonds is 7. The van der Waals surface area contributed by atoms with Crippen molar-refractivity contribution < 1.29 is 14.3 Å². The molecule has 4 heteroatoms. The summed E-state index contributed by atoms with van der Waals surface area (Å²) >= 11 is 0. The van der Waals surface area contributed by atoms with Crippen molar-refractivity contribution in [2.45, 2.75) is 53.5 Å². The van der Waals surface area contributed by atoms with Crippen LogP contribution in [0.5, 0.6) is 0 Å². The Labute approximate surface area is 104 Å². The molecule has 0 spiro atoms. The minimum atomic E-state index is -0.249. The number of hydrogen-bond donors (Lipinski definition) is 1. The first-order valence-corrected chi connectivity index (χ1v) is 6.35. The topological polar surface area (TPSA) is 55.4 Å². The number of amides is 1. The molecule has 0 aromatic rings. The zero-order valence-electron chi connectivity index (χ0n) is 11.6. The summed E-state index contributed by atoms with van der Waals surface area (Å²) < 4.78 is 4.93. The number of nitrogens with one attached hydrogen (secondary N) is 1. The molecule has 0 rings (SSSR count). The molecule has 0 saturated carbocycles. The van der Waals surface area contributed by atoms with E-state index in [2.05, 4.69) is 26.1 Å². The molecule has 0 aliphatic heterocycles. The van der Waals surface area contributed by atoms with E-state index in [-0.39, 0.29) is 30.3 Å². The molecule has 0 fully saturated rings. The third-order valence-electron chi connectivity index (χ3n) is 3.26. The van der Waals surface area contributed by atoms with Crippen molar-refractivity contribution in [1.82, 2.24) is 5.32 Å². The maximum Gasteiger partial charge on any atom is 0.307 e. The lowest BCUT2D eigenvalue weighted by molar-refractivity contribution is -0.144. The monoisotopic (exact) mass is 243 g/mol. The highest BCUT2D eigenvalue weighted by Crippen LogP contribution is 2.20. The third kappa shape index (κ3) is 6.29. The zero-order valence-corrected chi connectivity index (χ0v) is 11.6. The van der Waals surface area contributed by atoms with Gasteiger partial charge in [0, 0.05) is 13.0 Å². The molecule has 0 aromatic heterocycles. The second kappa shape index (κ2) is 8.09. The Bertz CT molecular complexity index is 253. The summed E-state index contributed by atoms with van der Waals surface area (Å²) in [5.74, 6) is 0.366. The maximum absolute atomic E-state index is 11.5. The number of esters is 1. The fourth-order valence-corrected chi connectivity index (χ4v) is 1.80. The highest BCUT2D eigenvalue weighted by atomic mass is 16.5. The van der Waals surface area contributed by atoms with Crippen molar-refractivity contribution >= 4 is 11.9 Å². The van der Waals surface area contributed by atoms with Gasteiger partial charge < -0.3 is 10.1 Å². The Kier molecular flexibility index (Phi) is 7.59. The van der Waals surface area contributed by atoms with Crippen molar-refractivity contribution in [1.29, 1.82) is 0 Å². The molecule has 0 bridgehead atoms. The summed E-state index contributed by atoms with van der Waals surface area (Å²) in [5, 5.41) is 2.84. The van der Waals surface area contributed by atoms with Crippen LogP contribution < -0.4 is 5.32 Å². The second-order valence-electron chi connectivity index (χ2n) is 4.56. The average molecular weight is 243 g/mol. The molecule has 1 N–H and O–H groups in total. The van der Waals surface area contributed by atoms with Gasteiger partial charge in [-0.25, -0.2) is 0 Å². The smallest absolute Gasteiger partial charge is 0.307 e. The molecule has 0 aromatic carbocycles. The lowest BCUT2D eigenvalue weighted by atomic mass is 9.85. The summed E-state index contributed by atoms with van der Waals surface area (Å²) in [6.45, 7) is 9.93. The number of ether oxygens (including phenoxy) is 1.